The van der Waals surface area contributed by atoms with Crippen LogP contribution in [0.3, 0.4) is 0 Å². The molecule has 0 aliphatic heterocycles. The van der Waals surface area contributed by atoms with E-state index in [0.29, 0.717) is 31.2 Å². The van der Waals surface area contributed by atoms with Crippen LogP contribution in [0.15, 0.2) is 0 Å². The van der Waals surface area contributed by atoms with Crippen molar-refractivity contribution in [1.82, 2.24) is 40.4 Å². The highest BCUT2D eigenvalue weighted by molar-refractivity contribution is 5.01. The van der Waals surface area contributed by atoms with Crippen molar-refractivity contribution in [3.05, 3.63) is 11.6 Å². The molecule has 2 aromatic heterocycles. The molecular formula is C11H22N10. The van der Waals surface area contributed by atoms with E-state index < -0.39 is 0 Å². The third-order valence-electron chi connectivity index (χ3n) is 3.20. The summed E-state index contributed by atoms with van der Waals surface area (Å²) in [7, 11) is 0. The first kappa shape index (κ1) is 15.4. The van der Waals surface area contributed by atoms with Gasteiger partial charge in [0.15, 0.2) is 11.6 Å². The Morgan fingerprint density at radius 2 is 1.90 bits per heavy atom. The van der Waals surface area contributed by atoms with Gasteiger partial charge < -0.3 is 11.5 Å². The van der Waals surface area contributed by atoms with Crippen LogP contribution >= 0.6 is 0 Å². The predicted molar refractivity (Wildman–Crippen MR) is 75.2 cm³/mol. The first-order valence-electron chi connectivity index (χ1n) is 7.06. The van der Waals surface area contributed by atoms with E-state index in [0.717, 1.165) is 0 Å². The van der Waals surface area contributed by atoms with Crippen LogP contribution in [0.1, 0.15) is 44.4 Å². The summed E-state index contributed by atoms with van der Waals surface area (Å²) < 4.78 is 0. The molecule has 2 heterocycles. The molecule has 21 heavy (non-hydrogen) atoms. The SMILES string of the molecule is CCn1nnc(CC(N)C(CN)c2nnn(C(C)C)n2)n1. The van der Waals surface area contributed by atoms with Gasteiger partial charge in [0.1, 0.15) is 0 Å². The van der Waals surface area contributed by atoms with Gasteiger partial charge in [-0.2, -0.15) is 9.59 Å². The van der Waals surface area contributed by atoms with E-state index in [1.807, 2.05) is 20.8 Å². The van der Waals surface area contributed by atoms with Gasteiger partial charge >= 0.3 is 0 Å². The smallest absolute Gasteiger partial charge is 0.180 e. The van der Waals surface area contributed by atoms with Crippen molar-refractivity contribution >= 4 is 0 Å². The summed E-state index contributed by atoms with van der Waals surface area (Å²) >= 11 is 0. The molecule has 0 spiro atoms. The van der Waals surface area contributed by atoms with E-state index in [4.69, 9.17) is 11.5 Å². The van der Waals surface area contributed by atoms with Crippen LogP contribution in [0.2, 0.25) is 0 Å². The van der Waals surface area contributed by atoms with Crippen molar-refractivity contribution in [3.63, 3.8) is 0 Å². The van der Waals surface area contributed by atoms with Crippen LogP contribution in [-0.4, -0.2) is 53.0 Å². The molecule has 0 saturated carbocycles. The topological polar surface area (TPSA) is 139 Å². The van der Waals surface area contributed by atoms with Gasteiger partial charge in [-0.3, -0.25) is 0 Å². The molecule has 0 aromatic carbocycles. The number of hydrogen-bond acceptors (Lipinski definition) is 8. The lowest BCUT2D eigenvalue weighted by Crippen LogP contribution is -2.36. The van der Waals surface area contributed by atoms with E-state index in [1.165, 1.54) is 4.80 Å². The second-order valence-electron chi connectivity index (χ2n) is 5.17. The van der Waals surface area contributed by atoms with E-state index in [-0.39, 0.29) is 18.0 Å². The fourth-order valence-electron chi connectivity index (χ4n) is 1.92. The standard InChI is InChI=1S/C11H22N10/c1-4-20-16-10(14-18-20)5-9(13)8(6-12)11-15-19-21(17-11)7(2)3/h7-9H,4-6,12-13H2,1-3H3. The Morgan fingerprint density at radius 1 is 1.14 bits per heavy atom. The van der Waals surface area contributed by atoms with Crippen LogP contribution in [0.25, 0.3) is 0 Å². The van der Waals surface area contributed by atoms with E-state index in [1.54, 1.807) is 4.80 Å². The van der Waals surface area contributed by atoms with Crippen LogP contribution in [0, 0.1) is 0 Å². The molecule has 0 radical (unpaired) electrons. The number of tetrazole rings is 2. The zero-order chi connectivity index (χ0) is 15.4. The van der Waals surface area contributed by atoms with E-state index in [2.05, 4.69) is 30.8 Å². The molecule has 2 aromatic rings. The highest BCUT2D eigenvalue weighted by Gasteiger charge is 2.25. The van der Waals surface area contributed by atoms with Crippen LogP contribution in [0.4, 0.5) is 0 Å². The van der Waals surface area contributed by atoms with Gasteiger partial charge in [-0.1, -0.05) is 0 Å². The number of nitrogens with two attached hydrogens (primary N) is 2. The molecule has 0 bridgehead atoms. The molecule has 0 aliphatic rings. The summed E-state index contributed by atoms with van der Waals surface area (Å²) in [6.07, 6.45) is 0.470. The van der Waals surface area contributed by atoms with Crippen LogP contribution in [0.5, 0.6) is 0 Å². The molecule has 0 saturated heterocycles. The Kier molecular flexibility index (Phi) is 4.91. The van der Waals surface area contributed by atoms with Gasteiger partial charge in [0.2, 0.25) is 0 Å². The second-order valence-corrected chi connectivity index (χ2v) is 5.17. The Hall–Kier alpha value is -1.94. The first-order valence-corrected chi connectivity index (χ1v) is 7.06. The maximum atomic E-state index is 6.21. The summed E-state index contributed by atoms with van der Waals surface area (Å²) in [6, 6.07) is -0.138. The molecule has 10 heteroatoms. The predicted octanol–water partition coefficient (Wildman–Crippen LogP) is -1.13. The number of nitrogens with zero attached hydrogens (tertiary/aromatic N) is 8. The van der Waals surface area contributed by atoms with Gasteiger partial charge in [-0.25, -0.2) is 0 Å². The van der Waals surface area contributed by atoms with Crippen molar-refractivity contribution < 1.29 is 0 Å². The molecule has 10 nitrogen and oxygen atoms in total. The van der Waals surface area contributed by atoms with Crippen molar-refractivity contribution in [1.29, 1.82) is 0 Å². The minimum Gasteiger partial charge on any atom is -0.330 e. The normalized spacial score (nSPS) is 14.6. The fourth-order valence-corrected chi connectivity index (χ4v) is 1.92. The summed E-state index contributed by atoms with van der Waals surface area (Å²) in [4.78, 5) is 3.07. The zero-order valence-electron chi connectivity index (χ0n) is 12.6. The lowest BCUT2D eigenvalue weighted by atomic mass is 9.97. The largest absolute Gasteiger partial charge is 0.330 e. The molecule has 0 aliphatic carbocycles. The summed E-state index contributed by atoms with van der Waals surface area (Å²) in [5.74, 6) is 0.965. The van der Waals surface area contributed by atoms with E-state index >= 15 is 0 Å². The van der Waals surface area contributed by atoms with Gasteiger partial charge in [0.25, 0.3) is 0 Å². The second kappa shape index (κ2) is 6.68. The molecule has 0 amide bonds. The van der Waals surface area contributed by atoms with Crippen molar-refractivity contribution in [2.75, 3.05) is 6.54 Å². The molecule has 2 atom stereocenters. The number of rotatable bonds is 7. The van der Waals surface area contributed by atoms with Gasteiger partial charge in [0, 0.05) is 19.0 Å². The number of hydrogen-bond donors (Lipinski definition) is 2. The fraction of sp³-hybridized carbons (Fsp3) is 0.818. The summed E-state index contributed by atoms with van der Waals surface area (Å²) in [5.41, 5.74) is 12.0. The molecular weight excluding hydrogens is 272 g/mol. The average molecular weight is 294 g/mol. The lowest BCUT2D eigenvalue weighted by Gasteiger charge is -2.17. The van der Waals surface area contributed by atoms with Crippen LogP contribution < -0.4 is 11.5 Å². The minimum absolute atomic E-state index is 0.145. The molecule has 4 N–H and O–H groups in total. The first-order chi connectivity index (χ1) is 10.0. The van der Waals surface area contributed by atoms with Gasteiger partial charge in [-0.05, 0) is 31.2 Å². The summed E-state index contributed by atoms with van der Waals surface area (Å²) in [5, 5.41) is 24.5. The molecule has 2 rings (SSSR count). The monoisotopic (exact) mass is 294 g/mol. The third-order valence-corrected chi connectivity index (χ3v) is 3.20. The highest BCUT2D eigenvalue weighted by Crippen LogP contribution is 2.15. The average Bonchev–Trinajstić information content (AvgIpc) is 3.08. The van der Waals surface area contributed by atoms with Crippen molar-refractivity contribution in [2.24, 2.45) is 11.5 Å². The zero-order valence-corrected chi connectivity index (χ0v) is 12.6. The van der Waals surface area contributed by atoms with Gasteiger partial charge in [-0.15, -0.1) is 20.4 Å². The van der Waals surface area contributed by atoms with Crippen molar-refractivity contribution in [3.8, 4) is 0 Å². The summed E-state index contributed by atoms with van der Waals surface area (Å²) in [6.45, 7) is 6.92. The molecule has 2 unspecified atom stereocenters. The Balaban J connectivity index is 2.08. The molecule has 116 valence electrons. The highest BCUT2D eigenvalue weighted by atomic mass is 15.6. The molecule has 0 fully saturated rings. The number of aromatic nitrogens is 8. The number of aryl methyl sites for hydroxylation is 1. The Bertz CT molecular complexity index is 559. The maximum absolute atomic E-state index is 6.21. The third kappa shape index (κ3) is 3.58. The Morgan fingerprint density at radius 3 is 2.43 bits per heavy atom. The van der Waals surface area contributed by atoms with Crippen molar-refractivity contribution in [2.45, 2.75) is 51.7 Å². The van der Waals surface area contributed by atoms with Crippen LogP contribution in [-0.2, 0) is 13.0 Å². The lowest BCUT2D eigenvalue weighted by molar-refractivity contribution is 0.446. The van der Waals surface area contributed by atoms with Gasteiger partial charge in [0.05, 0.1) is 18.5 Å². The van der Waals surface area contributed by atoms with E-state index in [9.17, 15) is 0 Å². The quantitative estimate of drug-likeness (QED) is 0.654. The minimum atomic E-state index is -0.283. The Labute approximate surface area is 122 Å². The maximum Gasteiger partial charge on any atom is 0.180 e.